The van der Waals surface area contributed by atoms with Gasteiger partial charge in [0.25, 0.3) is 0 Å². The maximum atomic E-state index is 11.5. The van der Waals surface area contributed by atoms with Crippen molar-refractivity contribution < 1.29 is 24.1 Å². The molecule has 0 amide bonds. The van der Waals surface area contributed by atoms with Gasteiger partial charge in [-0.2, -0.15) is 0 Å². The van der Waals surface area contributed by atoms with Crippen molar-refractivity contribution in [1.82, 2.24) is 4.90 Å². The molecule has 6 heteroatoms. The molecule has 1 atom stereocenters. The van der Waals surface area contributed by atoms with E-state index in [0.717, 1.165) is 21.9 Å². The number of carboxylic acids is 1. The van der Waals surface area contributed by atoms with Crippen molar-refractivity contribution in [2.45, 2.75) is 18.9 Å². The number of piperidine rings is 1. The molecule has 0 radical (unpaired) electrons. The highest BCUT2D eigenvalue weighted by molar-refractivity contribution is 5.86. The molecule has 3 aromatic rings. The summed E-state index contributed by atoms with van der Waals surface area (Å²) >= 11 is 0. The maximum absolute atomic E-state index is 11.5. The zero-order chi connectivity index (χ0) is 22.7. The molecule has 4 rings (SSSR count). The SMILES string of the molecule is COc1ccc(C(c2cccc3ccccc23)N2CCC(C(=O)O)CC2)c(OC)c1OC. The summed E-state index contributed by atoms with van der Waals surface area (Å²) in [7, 11) is 4.85. The third kappa shape index (κ3) is 3.98. The summed E-state index contributed by atoms with van der Waals surface area (Å²) in [4.78, 5) is 13.9. The molecule has 1 aliphatic heterocycles. The van der Waals surface area contributed by atoms with Crippen LogP contribution in [-0.2, 0) is 4.79 Å². The smallest absolute Gasteiger partial charge is 0.306 e. The molecular formula is C26H29NO5. The van der Waals surface area contributed by atoms with Crippen molar-refractivity contribution in [3.63, 3.8) is 0 Å². The number of carbonyl (C=O) groups is 1. The Balaban J connectivity index is 1.89. The van der Waals surface area contributed by atoms with E-state index in [9.17, 15) is 9.90 Å². The van der Waals surface area contributed by atoms with E-state index in [4.69, 9.17) is 14.2 Å². The average Bonchev–Trinajstić information content (AvgIpc) is 2.84. The summed E-state index contributed by atoms with van der Waals surface area (Å²) < 4.78 is 17.0. The molecule has 0 aromatic heterocycles. The van der Waals surface area contributed by atoms with Crippen LogP contribution in [0, 0.1) is 5.92 Å². The quantitative estimate of drug-likeness (QED) is 0.578. The van der Waals surface area contributed by atoms with Crippen LogP contribution < -0.4 is 14.2 Å². The first-order chi connectivity index (χ1) is 15.6. The maximum Gasteiger partial charge on any atom is 0.306 e. The van der Waals surface area contributed by atoms with E-state index >= 15 is 0 Å². The van der Waals surface area contributed by atoms with Gasteiger partial charge in [-0.1, -0.05) is 42.5 Å². The van der Waals surface area contributed by atoms with Gasteiger partial charge in [-0.3, -0.25) is 9.69 Å². The van der Waals surface area contributed by atoms with Crippen LogP contribution in [-0.4, -0.2) is 50.4 Å². The van der Waals surface area contributed by atoms with Crippen molar-refractivity contribution in [2.24, 2.45) is 5.92 Å². The highest BCUT2D eigenvalue weighted by Crippen LogP contribution is 2.46. The Morgan fingerprint density at radius 1 is 0.875 bits per heavy atom. The first-order valence-corrected chi connectivity index (χ1v) is 10.8. The molecule has 1 heterocycles. The van der Waals surface area contributed by atoms with Gasteiger partial charge in [0.05, 0.1) is 33.3 Å². The topological polar surface area (TPSA) is 68.2 Å². The number of ether oxygens (including phenoxy) is 3. The van der Waals surface area contributed by atoms with E-state index in [1.807, 2.05) is 24.3 Å². The summed E-state index contributed by atoms with van der Waals surface area (Å²) in [5.41, 5.74) is 2.12. The van der Waals surface area contributed by atoms with Crippen molar-refractivity contribution in [3.05, 3.63) is 65.7 Å². The molecule has 6 nitrogen and oxygen atoms in total. The van der Waals surface area contributed by atoms with Crippen molar-refractivity contribution in [2.75, 3.05) is 34.4 Å². The van der Waals surface area contributed by atoms with Crippen LogP contribution in [0.2, 0.25) is 0 Å². The monoisotopic (exact) mass is 435 g/mol. The minimum atomic E-state index is -0.713. The number of hydrogen-bond acceptors (Lipinski definition) is 5. The standard InChI is InChI=1S/C26H29NO5/c1-30-22-12-11-21(24(31-2)25(22)32-3)23(27-15-13-18(14-16-27)26(28)29)20-10-6-8-17-7-4-5-9-19(17)20/h4-12,18,23H,13-16H2,1-3H3,(H,28,29). The highest BCUT2D eigenvalue weighted by Gasteiger charge is 2.33. The molecule has 3 aromatic carbocycles. The van der Waals surface area contributed by atoms with E-state index in [0.29, 0.717) is 43.2 Å². The number of rotatable bonds is 7. The summed E-state index contributed by atoms with van der Waals surface area (Å²) in [5.74, 6) is 0.777. The van der Waals surface area contributed by atoms with Crippen molar-refractivity contribution >= 4 is 16.7 Å². The first kappa shape index (κ1) is 22.0. The molecule has 1 saturated heterocycles. The molecule has 0 aliphatic carbocycles. The summed E-state index contributed by atoms with van der Waals surface area (Å²) in [5, 5.41) is 11.8. The minimum Gasteiger partial charge on any atom is -0.493 e. The molecule has 0 spiro atoms. The molecule has 168 valence electrons. The zero-order valence-corrected chi connectivity index (χ0v) is 18.7. The van der Waals surface area contributed by atoms with Crippen molar-refractivity contribution in [1.29, 1.82) is 0 Å². The molecule has 1 aliphatic rings. The predicted octanol–water partition coefficient (Wildman–Crippen LogP) is 4.75. The van der Waals surface area contributed by atoms with Crippen LogP contribution in [0.15, 0.2) is 54.6 Å². The number of nitrogens with zero attached hydrogens (tertiary/aromatic N) is 1. The van der Waals surface area contributed by atoms with Crippen LogP contribution in [0.1, 0.15) is 30.0 Å². The number of fused-ring (bicyclic) bond motifs is 1. The molecule has 0 saturated carbocycles. The lowest BCUT2D eigenvalue weighted by molar-refractivity contribution is -0.143. The lowest BCUT2D eigenvalue weighted by Crippen LogP contribution is -2.39. The van der Waals surface area contributed by atoms with Gasteiger partial charge in [-0.25, -0.2) is 0 Å². The Hall–Kier alpha value is -3.25. The second-order valence-corrected chi connectivity index (χ2v) is 8.04. The average molecular weight is 436 g/mol. The number of benzene rings is 3. The second kappa shape index (κ2) is 9.49. The van der Waals surface area contributed by atoms with Crippen molar-refractivity contribution in [3.8, 4) is 17.2 Å². The van der Waals surface area contributed by atoms with Gasteiger partial charge in [0.15, 0.2) is 11.5 Å². The predicted molar refractivity (Wildman–Crippen MR) is 124 cm³/mol. The Labute approximate surface area is 188 Å². The third-order valence-electron chi connectivity index (χ3n) is 6.39. The van der Waals surface area contributed by atoms with E-state index in [1.54, 1.807) is 21.3 Å². The van der Waals surface area contributed by atoms with Crippen LogP contribution in [0.3, 0.4) is 0 Å². The van der Waals surface area contributed by atoms with E-state index in [-0.39, 0.29) is 12.0 Å². The van der Waals surface area contributed by atoms with Crippen LogP contribution >= 0.6 is 0 Å². The Morgan fingerprint density at radius 3 is 2.22 bits per heavy atom. The molecule has 0 bridgehead atoms. The van der Waals surface area contributed by atoms with Gasteiger partial charge in [0.1, 0.15) is 0 Å². The van der Waals surface area contributed by atoms with Gasteiger partial charge in [0, 0.05) is 5.56 Å². The lowest BCUT2D eigenvalue weighted by atomic mass is 9.88. The highest BCUT2D eigenvalue weighted by atomic mass is 16.5. The second-order valence-electron chi connectivity index (χ2n) is 8.04. The molecular weight excluding hydrogens is 406 g/mol. The van der Waals surface area contributed by atoms with Gasteiger partial charge >= 0.3 is 5.97 Å². The largest absolute Gasteiger partial charge is 0.493 e. The minimum absolute atomic E-state index is 0.120. The number of methoxy groups -OCH3 is 3. The summed E-state index contributed by atoms with van der Waals surface area (Å²) in [6.07, 6.45) is 1.23. The normalized spacial score (nSPS) is 16.0. The summed E-state index contributed by atoms with van der Waals surface area (Å²) in [6, 6.07) is 18.5. The van der Waals surface area contributed by atoms with Crippen LogP contribution in [0.5, 0.6) is 17.2 Å². The molecule has 1 N–H and O–H groups in total. The zero-order valence-electron chi connectivity index (χ0n) is 18.7. The fourth-order valence-corrected chi connectivity index (χ4v) is 4.79. The number of carboxylic acid groups (broad SMARTS) is 1. The molecule has 1 unspecified atom stereocenters. The fraction of sp³-hybridized carbons (Fsp3) is 0.346. The van der Waals surface area contributed by atoms with Gasteiger partial charge in [-0.05, 0) is 54.4 Å². The molecule has 1 fully saturated rings. The Bertz CT molecular complexity index is 1100. The van der Waals surface area contributed by atoms with E-state index in [1.165, 1.54) is 0 Å². The fourth-order valence-electron chi connectivity index (χ4n) is 4.79. The first-order valence-electron chi connectivity index (χ1n) is 10.8. The van der Waals surface area contributed by atoms with Gasteiger partial charge in [0.2, 0.25) is 5.75 Å². The summed E-state index contributed by atoms with van der Waals surface area (Å²) in [6.45, 7) is 1.37. The Morgan fingerprint density at radius 2 is 1.56 bits per heavy atom. The van der Waals surface area contributed by atoms with Crippen LogP contribution in [0.4, 0.5) is 0 Å². The number of likely N-dealkylation sites (tertiary alicyclic amines) is 1. The van der Waals surface area contributed by atoms with Gasteiger partial charge < -0.3 is 19.3 Å². The number of aliphatic carboxylic acids is 1. The Kier molecular flexibility index (Phi) is 6.51. The van der Waals surface area contributed by atoms with E-state index in [2.05, 4.69) is 35.2 Å². The van der Waals surface area contributed by atoms with E-state index < -0.39 is 5.97 Å². The third-order valence-corrected chi connectivity index (χ3v) is 6.39. The lowest BCUT2D eigenvalue weighted by Gasteiger charge is -2.38. The van der Waals surface area contributed by atoms with Crippen LogP contribution in [0.25, 0.3) is 10.8 Å². The molecule has 32 heavy (non-hydrogen) atoms. The number of hydrogen-bond donors (Lipinski definition) is 1. The van der Waals surface area contributed by atoms with Gasteiger partial charge in [-0.15, -0.1) is 0 Å².